The van der Waals surface area contributed by atoms with Gasteiger partial charge in [-0.2, -0.15) is 0 Å². The number of carbonyl (C=O) groups is 7. The molecule has 5 amide bonds. The molecule has 0 aromatic heterocycles. The first-order chi connectivity index (χ1) is 22.3. The van der Waals surface area contributed by atoms with Gasteiger partial charge in [0.25, 0.3) is 0 Å². The zero-order valence-electron chi connectivity index (χ0n) is 27.7. The van der Waals surface area contributed by atoms with Crippen molar-refractivity contribution in [3.05, 3.63) is 35.9 Å². The van der Waals surface area contributed by atoms with Crippen LogP contribution in [0.5, 0.6) is 0 Å². The summed E-state index contributed by atoms with van der Waals surface area (Å²) in [5, 5.41) is 19.6. The van der Waals surface area contributed by atoms with Crippen molar-refractivity contribution in [1.82, 2.24) is 26.2 Å². The highest BCUT2D eigenvalue weighted by Crippen LogP contribution is 2.21. The van der Waals surface area contributed by atoms with Crippen LogP contribution in [-0.2, 0) is 40.1 Å². The Kier molecular flexibility index (Phi) is 16.4. The van der Waals surface area contributed by atoms with E-state index in [-0.39, 0.29) is 37.8 Å². The van der Waals surface area contributed by atoms with Crippen LogP contribution in [0, 0.1) is 11.8 Å². The van der Waals surface area contributed by atoms with Gasteiger partial charge in [-0.1, -0.05) is 58.0 Å². The summed E-state index contributed by atoms with van der Waals surface area (Å²) in [6, 6.07) is 5.62. The summed E-state index contributed by atoms with van der Waals surface area (Å²) in [5.41, 5.74) is 0.842. The smallest absolute Gasteiger partial charge is 0.407 e. The fourth-order valence-electron chi connectivity index (χ4n) is 5.06. The van der Waals surface area contributed by atoms with E-state index in [0.717, 1.165) is 5.56 Å². The molecule has 0 saturated carbocycles. The number of hydrogen-bond donors (Lipinski definition) is 5. The van der Waals surface area contributed by atoms with Crippen molar-refractivity contribution in [2.24, 2.45) is 11.8 Å². The Balaban J connectivity index is 2.02. The van der Waals surface area contributed by atoms with Crippen LogP contribution in [0.4, 0.5) is 4.79 Å². The SMILES string of the molecule is CC(C)C(C=O)NC(=O)C1CCCN1C(=O)C(NC(=O)C(CCCCNC(=O)OCc1ccccc1)NC(=O)CCC(=O)O)C(C)C. The summed E-state index contributed by atoms with van der Waals surface area (Å²) in [4.78, 5) is 88.6. The van der Waals surface area contributed by atoms with Crippen molar-refractivity contribution < 1.29 is 43.4 Å². The predicted octanol–water partition coefficient (Wildman–Crippen LogP) is 1.90. The summed E-state index contributed by atoms with van der Waals surface area (Å²) < 4.78 is 5.19. The van der Waals surface area contributed by atoms with E-state index >= 15 is 0 Å². The maximum atomic E-state index is 13.7. The second-order valence-corrected chi connectivity index (χ2v) is 12.3. The van der Waals surface area contributed by atoms with E-state index in [1.165, 1.54) is 4.90 Å². The van der Waals surface area contributed by atoms with Gasteiger partial charge in [0, 0.05) is 19.5 Å². The van der Waals surface area contributed by atoms with Gasteiger partial charge in [-0.3, -0.25) is 24.0 Å². The lowest BCUT2D eigenvalue weighted by molar-refractivity contribution is -0.143. The summed E-state index contributed by atoms with van der Waals surface area (Å²) in [6.45, 7) is 7.77. The fourth-order valence-corrected chi connectivity index (χ4v) is 5.06. The van der Waals surface area contributed by atoms with Gasteiger partial charge in [-0.15, -0.1) is 0 Å². The Morgan fingerprint density at radius 3 is 2.28 bits per heavy atom. The first kappa shape index (κ1) is 38.7. The Labute approximate surface area is 275 Å². The lowest BCUT2D eigenvalue weighted by Gasteiger charge is -2.32. The predicted molar refractivity (Wildman–Crippen MR) is 172 cm³/mol. The molecule has 47 heavy (non-hydrogen) atoms. The molecule has 4 atom stereocenters. The van der Waals surface area contributed by atoms with Crippen LogP contribution in [0.15, 0.2) is 30.3 Å². The number of alkyl carbamates (subject to hydrolysis) is 1. The number of benzene rings is 1. The molecule has 1 fully saturated rings. The molecule has 1 aliphatic heterocycles. The summed E-state index contributed by atoms with van der Waals surface area (Å²) in [5.74, 6) is -3.80. The number of likely N-dealkylation sites (tertiary alicyclic amines) is 1. The number of carboxylic acid groups (broad SMARTS) is 1. The number of nitrogens with one attached hydrogen (secondary N) is 4. The van der Waals surface area contributed by atoms with E-state index in [0.29, 0.717) is 38.5 Å². The third kappa shape index (κ3) is 13.4. The summed E-state index contributed by atoms with van der Waals surface area (Å²) in [6.07, 6.45) is 1.32. The highest BCUT2D eigenvalue weighted by Gasteiger charge is 2.40. The lowest BCUT2D eigenvalue weighted by atomic mass is 10.00. The Morgan fingerprint density at radius 1 is 0.957 bits per heavy atom. The molecule has 260 valence electrons. The van der Waals surface area contributed by atoms with E-state index in [9.17, 15) is 33.6 Å². The van der Waals surface area contributed by atoms with Crippen LogP contribution in [0.3, 0.4) is 0 Å². The Morgan fingerprint density at radius 2 is 1.66 bits per heavy atom. The molecule has 5 N–H and O–H groups in total. The van der Waals surface area contributed by atoms with Gasteiger partial charge in [0.2, 0.25) is 23.6 Å². The fraction of sp³-hybridized carbons (Fsp3) is 0.606. The molecule has 14 nitrogen and oxygen atoms in total. The number of nitrogens with zero attached hydrogens (tertiary/aromatic N) is 1. The maximum absolute atomic E-state index is 13.7. The first-order valence-electron chi connectivity index (χ1n) is 16.2. The van der Waals surface area contributed by atoms with Gasteiger partial charge in [0.15, 0.2) is 0 Å². The number of amides is 5. The average molecular weight is 660 g/mol. The Hall–Kier alpha value is -4.49. The monoisotopic (exact) mass is 659 g/mol. The van der Waals surface area contributed by atoms with Gasteiger partial charge < -0.3 is 40.8 Å². The topological polar surface area (TPSA) is 200 Å². The van der Waals surface area contributed by atoms with Crippen LogP contribution >= 0.6 is 0 Å². The highest BCUT2D eigenvalue weighted by molar-refractivity contribution is 5.95. The van der Waals surface area contributed by atoms with Crippen molar-refractivity contribution in [3.63, 3.8) is 0 Å². The molecule has 1 aliphatic rings. The zero-order chi connectivity index (χ0) is 34.9. The van der Waals surface area contributed by atoms with Gasteiger partial charge in [0.05, 0.1) is 12.5 Å². The van der Waals surface area contributed by atoms with Gasteiger partial charge in [-0.05, 0) is 49.5 Å². The van der Waals surface area contributed by atoms with E-state index < -0.39 is 66.3 Å². The van der Waals surface area contributed by atoms with Crippen LogP contribution in [-0.4, -0.2) is 89.2 Å². The molecule has 14 heteroatoms. The molecule has 4 unspecified atom stereocenters. The minimum absolute atomic E-state index is 0.118. The number of carboxylic acids is 1. The van der Waals surface area contributed by atoms with Crippen LogP contribution in [0.25, 0.3) is 0 Å². The molecular weight excluding hydrogens is 610 g/mol. The molecule has 1 heterocycles. The number of unbranched alkanes of at least 4 members (excludes halogenated alkanes) is 1. The molecule has 0 bridgehead atoms. The number of aliphatic carboxylic acids is 1. The first-order valence-corrected chi connectivity index (χ1v) is 16.2. The van der Waals surface area contributed by atoms with Crippen molar-refractivity contribution in [2.45, 2.75) is 103 Å². The van der Waals surface area contributed by atoms with Gasteiger partial charge >= 0.3 is 12.1 Å². The minimum atomic E-state index is -1.16. The quantitative estimate of drug-likeness (QED) is 0.109. The number of rotatable bonds is 19. The number of aldehydes is 1. The third-order valence-electron chi connectivity index (χ3n) is 7.86. The largest absolute Gasteiger partial charge is 0.481 e. The second-order valence-electron chi connectivity index (χ2n) is 12.3. The normalized spacial score (nSPS) is 16.1. The second kappa shape index (κ2) is 19.9. The molecule has 1 saturated heterocycles. The third-order valence-corrected chi connectivity index (χ3v) is 7.86. The number of hydrogen-bond acceptors (Lipinski definition) is 8. The van der Waals surface area contributed by atoms with E-state index in [2.05, 4.69) is 21.3 Å². The van der Waals surface area contributed by atoms with E-state index in [1.54, 1.807) is 27.7 Å². The van der Waals surface area contributed by atoms with E-state index in [4.69, 9.17) is 9.84 Å². The minimum Gasteiger partial charge on any atom is -0.481 e. The zero-order valence-corrected chi connectivity index (χ0v) is 27.7. The van der Waals surface area contributed by atoms with Crippen LogP contribution in [0.2, 0.25) is 0 Å². The van der Waals surface area contributed by atoms with Crippen molar-refractivity contribution in [3.8, 4) is 0 Å². The van der Waals surface area contributed by atoms with Gasteiger partial charge in [0.1, 0.15) is 31.0 Å². The van der Waals surface area contributed by atoms with E-state index in [1.807, 2.05) is 30.3 Å². The van der Waals surface area contributed by atoms with Gasteiger partial charge in [-0.25, -0.2) is 4.79 Å². The molecular formula is C33H49N5O9. The average Bonchev–Trinajstić information content (AvgIpc) is 3.53. The maximum Gasteiger partial charge on any atom is 0.407 e. The molecule has 1 aromatic rings. The highest BCUT2D eigenvalue weighted by atomic mass is 16.5. The standard InChI is InChI=1S/C33H49N5O9/c1-21(2)25(19-39)36-31(44)26-14-10-18-38(26)32(45)29(22(3)4)37-30(43)24(35-27(40)15-16-28(41)42)13-8-9-17-34-33(46)47-20-23-11-6-5-7-12-23/h5-7,11-12,19,21-22,24-26,29H,8-10,13-18,20H2,1-4H3,(H,34,46)(H,35,40)(H,36,44)(H,37,43)(H,41,42). The van der Waals surface area contributed by atoms with Crippen LogP contribution < -0.4 is 21.3 Å². The lowest BCUT2D eigenvalue weighted by Crippen LogP contribution is -2.58. The molecule has 0 spiro atoms. The molecule has 0 aliphatic carbocycles. The number of ether oxygens (including phenoxy) is 1. The summed E-state index contributed by atoms with van der Waals surface area (Å²) in [7, 11) is 0. The van der Waals surface area contributed by atoms with Crippen LogP contribution in [0.1, 0.15) is 78.2 Å². The Bertz CT molecular complexity index is 1220. The van der Waals surface area contributed by atoms with Crippen molar-refractivity contribution in [2.75, 3.05) is 13.1 Å². The van der Waals surface area contributed by atoms with Crippen molar-refractivity contribution in [1.29, 1.82) is 0 Å². The molecule has 1 aromatic carbocycles. The molecule has 0 radical (unpaired) electrons. The van der Waals surface area contributed by atoms with Crippen molar-refractivity contribution >= 4 is 42.0 Å². The summed E-state index contributed by atoms with van der Waals surface area (Å²) >= 11 is 0. The number of carbonyl (C=O) groups excluding carboxylic acids is 6. The molecule has 2 rings (SSSR count).